The standard InChI is InChI=1S/C31H21Br2Cl/c1-20-8-7-12-28(31(20)33)25-17-23(16-24(18-25)27-11-5-6-13-30(27)34)26-15-14-22(19-29(26)32)21-9-3-2-4-10-21/h2-19H,1H3. The van der Waals surface area contributed by atoms with Crippen molar-refractivity contribution in [3.05, 3.63) is 129 Å². The lowest BCUT2D eigenvalue weighted by molar-refractivity contribution is 1.42. The highest BCUT2D eigenvalue weighted by atomic mass is 79.9. The van der Waals surface area contributed by atoms with Crippen LogP contribution in [-0.2, 0) is 0 Å². The Balaban J connectivity index is 1.70. The van der Waals surface area contributed by atoms with E-state index in [4.69, 9.17) is 11.6 Å². The summed E-state index contributed by atoms with van der Waals surface area (Å²) in [6, 6.07) is 38.1. The van der Waals surface area contributed by atoms with Crippen LogP contribution in [0.1, 0.15) is 5.56 Å². The van der Waals surface area contributed by atoms with Crippen LogP contribution in [0.2, 0.25) is 5.02 Å². The van der Waals surface area contributed by atoms with E-state index in [1.807, 2.05) is 24.3 Å². The predicted octanol–water partition coefficient (Wildman–Crippen LogP) is 10.8. The van der Waals surface area contributed by atoms with Crippen molar-refractivity contribution in [1.29, 1.82) is 0 Å². The summed E-state index contributed by atoms with van der Waals surface area (Å²) in [4.78, 5) is 0. The third-order valence-corrected chi connectivity index (χ3v) is 8.05. The summed E-state index contributed by atoms with van der Waals surface area (Å²) in [6.07, 6.45) is 0. The van der Waals surface area contributed by atoms with Crippen molar-refractivity contribution in [2.75, 3.05) is 0 Å². The Morgan fingerprint density at radius 1 is 0.500 bits per heavy atom. The number of benzene rings is 5. The van der Waals surface area contributed by atoms with E-state index in [2.05, 4.69) is 124 Å². The molecule has 0 nitrogen and oxygen atoms in total. The summed E-state index contributed by atoms with van der Waals surface area (Å²) in [7, 11) is 0. The van der Waals surface area contributed by atoms with E-state index in [-0.39, 0.29) is 0 Å². The number of halogens is 3. The van der Waals surface area contributed by atoms with Crippen LogP contribution >= 0.6 is 43.5 Å². The third-order valence-electron chi connectivity index (χ3n) is 6.01. The van der Waals surface area contributed by atoms with Crippen molar-refractivity contribution in [2.24, 2.45) is 0 Å². The first-order chi connectivity index (χ1) is 16.5. The second kappa shape index (κ2) is 9.92. The molecular weight excluding hydrogens is 568 g/mol. The third kappa shape index (κ3) is 4.63. The molecule has 5 aromatic carbocycles. The molecule has 0 bridgehead atoms. The summed E-state index contributed by atoms with van der Waals surface area (Å²) in [6.45, 7) is 2.12. The van der Waals surface area contributed by atoms with Gasteiger partial charge < -0.3 is 0 Å². The Hall–Kier alpha value is -2.65. The quantitative estimate of drug-likeness (QED) is 0.196. The fourth-order valence-corrected chi connectivity index (χ4v) is 5.56. The predicted molar refractivity (Wildman–Crippen MR) is 153 cm³/mol. The van der Waals surface area contributed by atoms with Gasteiger partial charge in [0.2, 0.25) is 0 Å². The second-order valence-corrected chi connectivity index (χ2v) is 10.3. The maximum atomic E-state index is 6.61. The molecule has 5 aromatic rings. The van der Waals surface area contributed by atoms with Gasteiger partial charge in [0.05, 0.1) is 0 Å². The molecule has 3 heteroatoms. The first-order valence-corrected chi connectivity index (χ1v) is 13.0. The van der Waals surface area contributed by atoms with Crippen molar-refractivity contribution in [1.82, 2.24) is 0 Å². The van der Waals surface area contributed by atoms with Gasteiger partial charge in [-0.2, -0.15) is 0 Å². The molecule has 0 spiro atoms. The summed E-state index contributed by atoms with van der Waals surface area (Å²) >= 11 is 14.3. The molecule has 0 N–H and O–H groups in total. The van der Waals surface area contributed by atoms with Gasteiger partial charge in [0.1, 0.15) is 0 Å². The summed E-state index contributed by atoms with van der Waals surface area (Å²) in [5.41, 5.74) is 10.3. The van der Waals surface area contributed by atoms with E-state index in [0.717, 1.165) is 47.3 Å². The molecule has 0 aliphatic carbocycles. The number of aryl methyl sites for hydroxylation is 1. The van der Waals surface area contributed by atoms with E-state index in [1.54, 1.807) is 0 Å². The Kier molecular flexibility index (Phi) is 6.74. The van der Waals surface area contributed by atoms with Gasteiger partial charge in [-0.1, -0.05) is 106 Å². The number of hydrogen-bond acceptors (Lipinski definition) is 0. The van der Waals surface area contributed by atoms with Crippen LogP contribution in [0, 0.1) is 6.92 Å². The molecular formula is C31H21Br2Cl. The lowest BCUT2D eigenvalue weighted by Crippen LogP contribution is -1.90. The minimum absolute atomic E-state index is 0.743. The fraction of sp³-hybridized carbons (Fsp3) is 0.0323. The molecule has 0 aliphatic heterocycles. The highest BCUT2D eigenvalue weighted by Gasteiger charge is 2.14. The van der Waals surface area contributed by atoms with Crippen molar-refractivity contribution in [3.63, 3.8) is 0 Å². The molecule has 0 aliphatic rings. The Morgan fingerprint density at radius 2 is 1.12 bits per heavy atom. The van der Waals surface area contributed by atoms with Crippen LogP contribution in [0.25, 0.3) is 44.5 Å². The van der Waals surface area contributed by atoms with Gasteiger partial charge >= 0.3 is 0 Å². The first-order valence-electron chi connectivity index (χ1n) is 11.0. The zero-order chi connectivity index (χ0) is 23.7. The van der Waals surface area contributed by atoms with Crippen molar-refractivity contribution in [3.8, 4) is 44.5 Å². The maximum absolute atomic E-state index is 6.61. The van der Waals surface area contributed by atoms with E-state index >= 15 is 0 Å². The number of hydrogen-bond donors (Lipinski definition) is 0. The van der Waals surface area contributed by atoms with Crippen molar-refractivity contribution < 1.29 is 0 Å². The van der Waals surface area contributed by atoms with Crippen LogP contribution in [0.4, 0.5) is 0 Å². The average molecular weight is 589 g/mol. The van der Waals surface area contributed by atoms with E-state index in [9.17, 15) is 0 Å². The topological polar surface area (TPSA) is 0 Å². The zero-order valence-electron chi connectivity index (χ0n) is 18.5. The molecule has 5 rings (SSSR count). The monoisotopic (exact) mass is 586 g/mol. The summed E-state index contributed by atoms with van der Waals surface area (Å²) in [5, 5.41) is 0.743. The number of rotatable bonds is 4. The Bertz CT molecular complexity index is 1490. The smallest absolute Gasteiger partial charge is 0.0484 e. The van der Waals surface area contributed by atoms with Crippen LogP contribution in [0.3, 0.4) is 0 Å². The van der Waals surface area contributed by atoms with Crippen LogP contribution in [-0.4, -0.2) is 0 Å². The summed E-state index contributed by atoms with van der Waals surface area (Å²) < 4.78 is 2.16. The zero-order valence-corrected chi connectivity index (χ0v) is 22.5. The second-order valence-electron chi connectivity index (χ2n) is 8.28. The van der Waals surface area contributed by atoms with Crippen LogP contribution in [0.15, 0.2) is 118 Å². The van der Waals surface area contributed by atoms with E-state index < -0.39 is 0 Å². The van der Waals surface area contributed by atoms with Gasteiger partial charge in [-0.3, -0.25) is 0 Å². The largest absolute Gasteiger partial charge is 0.0837 e. The minimum Gasteiger partial charge on any atom is -0.0837 e. The molecule has 0 aromatic heterocycles. The SMILES string of the molecule is Cc1cccc(-c2cc(-c3ccccc3Cl)cc(-c3ccc(-c4ccccc4)cc3Br)c2)c1Br. The molecule has 0 saturated heterocycles. The molecule has 0 saturated carbocycles. The van der Waals surface area contributed by atoms with Crippen molar-refractivity contribution >= 4 is 43.5 Å². The van der Waals surface area contributed by atoms with Gasteiger partial charge in [-0.15, -0.1) is 0 Å². The molecule has 166 valence electrons. The first kappa shape index (κ1) is 23.1. The van der Waals surface area contributed by atoms with Gasteiger partial charge in [0, 0.05) is 19.5 Å². The molecule has 34 heavy (non-hydrogen) atoms. The molecule has 0 atom stereocenters. The van der Waals surface area contributed by atoms with Crippen LogP contribution < -0.4 is 0 Å². The molecule has 0 radical (unpaired) electrons. The Morgan fingerprint density at radius 3 is 1.82 bits per heavy atom. The highest BCUT2D eigenvalue weighted by molar-refractivity contribution is 9.11. The lowest BCUT2D eigenvalue weighted by atomic mass is 9.92. The fourth-order valence-electron chi connectivity index (χ4n) is 4.22. The Labute approximate surface area is 222 Å². The summed E-state index contributed by atoms with van der Waals surface area (Å²) in [5.74, 6) is 0. The van der Waals surface area contributed by atoms with Gasteiger partial charge in [-0.05, 0) is 97.7 Å². The van der Waals surface area contributed by atoms with E-state index in [0.29, 0.717) is 0 Å². The maximum Gasteiger partial charge on any atom is 0.0484 e. The van der Waals surface area contributed by atoms with Gasteiger partial charge in [0.25, 0.3) is 0 Å². The molecule has 0 fully saturated rings. The normalized spacial score (nSPS) is 10.9. The highest BCUT2D eigenvalue weighted by Crippen LogP contribution is 2.40. The molecule has 0 heterocycles. The lowest BCUT2D eigenvalue weighted by Gasteiger charge is -2.15. The minimum atomic E-state index is 0.743. The molecule has 0 amide bonds. The molecule has 0 unspecified atom stereocenters. The van der Waals surface area contributed by atoms with E-state index in [1.165, 1.54) is 16.7 Å². The average Bonchev–Trinajstić information content (AvgIpc) is 2.86. The van der Waals surface area contributed by atoms with Gasteiger partial charge in [0.15, 0.2) is 0 Å². The van der Waals surface area contributed by atoms with Crippen LogP contribution in [0.5, 0.6) is 0 Å². The van der Waals surface area contributed by atoms with Crippen molar-refractivity contribution in [2.45, 2.75) is 6.92 Å². The van der Waals surface area contributed by atoms with Gasteiger partial charge in [-0.25, -0.2) is 0 Å².